The molecule has 0 radical (unpaired) electrons. The van der Waals surface area contributed by atoms with E-state index in [9.17, 15) is 14.4 Å². The van der Waals surface area contributed by atoms with E-state index in [-0.39, 0.29) is 30.1 Å². The van der Waals surface area contributed by atoms with E-state index in [0.717, 1.165) is 41.2 Å². The first kappa shape index (κ1) is 28.9. The molecule has 2 fully saturated rings. The van der Waals surface area contributed by atoms with Gasteiger partial charge in [0.1, 0.15) is 11.6 Å². The topological polar surface area (TPSA) is 79.4 Å². The third kappa shape index (κ3) is 7.50. The molecule has 1 aromatic heterocycles. The van der Waals surface area contributed by atoms with Gasteiger partial charge in [-0.05, 0) is 55.8 Å². The molecular formula is C31H45N3O3S. The van der Waals surface area contributed by atoms with Crippen LogP contribution in [0, 0.1) is 17.8 Å². The summed E-state index contributed by atoms with van der Waals surface area (Å²) in [7, 11) is 2.04. The Kier molecular flexibility index (Phi) is 10.1. The zero-order valence-electron chi connectivity index (χ0n) is 23.6. The number of carbonyl (C=O) groups is 3. The van der Waals surface area contributed by atoms with Gasteiger partial charge in [-0.2, -0.15) is 0 Å². The standard InChI is InChI=1S/C31H45N3O3S/c1-5-25(35)15-23(17-30-32-27-12-11-22(20(2)3)16-29(27)38-30)31(37)33-26(21-9-7-6-8-10-21)13-14-28(36)24-18-34(4)19-24/h11-12,16,20-21,23-24,26H,5-10,13-15,17-19H2,1-4H3,(H,33,37)/t23-,26+/m0/s1. The number of carbonyl (C=O) groups excluding carboxylic acids is 3. The van der Waals surface area contributed by atoms with Crippen molar-refractivity contribution < 1.29 is 14.4 Å². The van der Waals surface area contributed by atoms with Gasteiger partial charge in [0.2, 0.25) is 5.91 Å². The Balaban J connectivity index is 1.47. The Hall–Kier alpha value is -2.12. The van der Waals surface area contributed by atoms with E-state index in [4.69, 9.17) is 4.98 Å². The number of Topliss-reactive ketones (excluding diaryl/α,β-unsaturated/α-hetero) is 2. The molecule has 1 aliphatic carbocycles. The van der Waals surface area contributed by atoms with Gasteiger partial charge in [0.05, 0.1) is 21.1 Å². The van der Waals surface area contributed by atoms with Gasteiger partial charge < -0.3 is 10.2 Å². The van der Waals surface area contributed by atoms with E-state index in [1.807, 2.05) is 14.0 Å². The molecule has 1 amide bonds. The number of nitrogens with zero attached hydrogens (tertiary/aromatic N) is 2. The molecule has 0 unspecified atom stereocenters. The molecule has 1 N–H and O–H groups in total. The van der Waals surface area contributed by atoms with Crippen molar-refractivity contribution in [3.63, 3.8) is 0 Å². The van der Waals surface area contributed by atoms with E-state index in [1.54, 1.807) is 11.3 Å². The smallest absolute Gasteiger partial charge is 0.224 e. The van der Waals surface area contributed by atoms with Crippen LogP contribution in [-0.4, -0.2) is 53.5 Å². The van der Waals surface area contributed by atoms with Crippen molar-refractivity contribution in [2.45, 2.75) is 96.9 Å². The van der Waals surface area contributed by atoms with Crippen LogP contribution < -0.4 is 5.32 Å². The second-order valence-corrected chi connectivity index (χ2v) is 13.0. The molecule has 2 atom stereocenters. The lowest BCUT2D eigenvalue weighted by Gasteiger charge is -2.36. The summed E-state index contributed by atoms with van der Waals surface area (Å²) in [6.07, 6.45) is 8.16. The molecule has 1 saturated heterocycles. The van der Waals surface area contributed by atoms with E-state index in [2.05, 4.69) is 42.3 Å². The van der Waals surface area contributed by atoms with E-state index < -0.39 is 5.92 Å². The number of hydrogen-bond donors (Lipinski definition) is 1. The second kappa shape index (κ2) is 13.3. The van der Waals surface area contributed by atoms with E-state index >= 15 is 0 Å². The predicted molar refractivity (Wildman–Crippen MR) is 155 cm³/mol. The van der Waals surface area contributed by atoms with Crippen LogP contribution in [0.25, 0.3) is 10.2 Å². The maximum atomic E-state index is 13.7. The number of fused-ring (bicyclic) bond motifs is 1. The monoisotopic (exact) mass is 539 g/mol. The van der Waals surface area contributed by atoms with Crippen LogP contribution in [0.15, 0.2) is 18.2 Å². The lowest BCUT2D eigenvalue weighted by Crippen LogP contribution is -2.49. The molecule has 0 spiro atoms. The minimum atomic E-state index is -0.436. The molecule has 2 aliphatic rings. The van der Waals surface area contributed by atoms with Crippen LogP contribution >= 0.6 is 11.3 Å². The van der Waals surface area contributed by atoms with Gasteiger partial charge in [0.25, 0.3) is 0 Å². The minimum Gasteiger partial charge on any atom is -0.353 e. The van der Waals surface area contributed by atoms with Crippen molar-refractivity contribution in [1.82, 2.24) is 15.2 Å². The Labute approximate surface area is 232 Å². The average Bonchev–Trinajstić information content (AvgIpc) is 3.30. The SMILES string of the molecule is CCC(=O)C[C@@H](Cc1nc2ccc(C(C)C)cc2s1)C(=O)N[C@H](CCC(=O)C1CN(C)C1)C1CCCCC1. The number of likely N-dealkylation sites (tertiary alicyclic amines) is 1. The summed E-state index contributed by atoms with van der Waals surface area (Å²) < 4.78 is 1.13. The maximum absolute atomic E-state index is 13.7. The fraction of sp³-hybridized carbons (Fsp3) is 0.677. The van der Waals surface area contributed by atoms with Gasteiger partial charge in [-0.3, -0.25) is 14.4 Å². The van der Waals surface area contributed by atoms with Crippen molar-refractivity contribution in [2.75, 3.05) is 20.1 Å². The Morgan fingerprint density at radius 1 is 1.13 bits per heavy atom. The molecule has 208 valence electrons. The summed E-state index contributed by atoms with van der Waals surface area (Å²) in [4.78, 5) is 46.0. The highest BCUT2D eigenvalue weighted by Gasteiger charge is 2.33. The number of amides is 1. The van der Waals surface area contributed by atoms with Crippen LogP contribution in [0.1, 0.15) is 95.0 Å². The number of benzene rings is 1. The normalized spacial score (nSPS) is 18.9. The molecule has 4 rings (SSSR count). The third-order valence-electron chi connectivity index (χ3n) is 8.55. The number of nitrogens with one attached hydrogen (secondary N) is 1. The number of ketones is 2. The van der Waals surface area contributed by atoms with Crippen molar-refractivity contribution in [2.24, 2.45) is 17.8 Å². The van der Waals surface area contributed by atoms with Gasteiger partial charge in [-0.1, -0.05) is 46.1 Å². The fourth-order valence-electron chi connectivity index (χ4n) is 5.99. The van der Waals surface area contributed by atoms with Crippen molar-refractivity contribution in [1.29, 1.82) is 0 Å². The Morgan fingerprint density at radius 2 is 1.87 bits per heavy atom. The highest BCUT2D eigenvalue weighted by molar-refractivity contribution is 7.18. The highest BCUT2D eigenvalue weighted by Crippen LogP contribution is 2.31. The van der Waals surface area contributed by atoms with Gasteiger partial charge in [-0.25, -0.2) is 4.98 Å². The van der Waals surface area contributed by atoms with Crippen LogP contribution in [-0.2, 0) is 20.8 Å². The third-order valence-corrected chi connectivity index (χ3v) is 9.59. The molecule has 2 aromatic rings. The molecule has 2 heterocycles. The Bertz CT molecular complexity index is 1110. The molecule has 1 saturated carbocycles. The first-order valence-corrected chi connectivity index (χ1v) is 15.5. The summed E-state index contributed by atoms with van der Waals surface area (Å²) in [5.41, 5.74) is 2.23. The number of thiazole rings is 1. The highest BCUT2D eigenvalue weighted by atomic mass is 32.1. The van der Waals surface area contributed by atoms with Crippen LogP contribution in [0.2, 0.25) is 0 Å². The van der Waals surface area contributed by atoms with Crippen LogP contribution in [0.4, 0.5) is 0 Å². The summed E-state index contributed by atoms with van der Waals surface area (Å²) in [5, 5.41) is 4.26. The quantitative estimate of drug-likeness (QED) is 0.342. The molecule has 6 nitrogen and oxygen atoms in total. The van der Waals surface area contributed by atoms with Crippen molar-refractivity contribution >= 4 is 39.0 Å². The molecule has 0 bridgehead atoms. The van der Waals surface area contributed by atoms with Crippen LogP contribution in [0.5, 0.6) is 0 Å². The van der Waals surface area contributed by atoms with E-state index in [0.29, 0.717) is 43.3 Å². The molecule has 38 heavy (non-hydrogen) atoms. The Morgan fingerprint density at radius 3 is 2.53 bits per heavy atom. The van der Waals surface area contributed by atoms with Crippen LogP contribution in [0.3, 0.4) is 0 Å². The molecule has 1 aliphatic heterocycles. The van der Waals surface area contributed by atoms with Gasteiger partial charge in [0, 0.05) is 50.7 Å². The van der Waals surface area contributed by atoms with Gasteiger partial charge in [-0.15, -0.1) is 11.3 Å². The molecule has 1 aromatic carbocycles. The lowest BCUT2D eigenvalue weighted by atomic mass is 9.80. The first-order valence-electron chi connectivity index (χ1n) is 14.7. The van der Waals surface area contributed by atoms with Gasteiger partial charge >= 0.3 is 0 Å². The summed E-state index contributed by atoms with van der Waals surface area (Å²) in [6.45, 7) is 7.92. The van der Waals surface area contributed by atoms with Crippen molar-refractivity contribution in [3.05, 3.63) is 28.8 Å². The summed E-state index contributed by atoms with van der Waals surface area (Å²) >= 11 is 1.63. The largest absolute Gasteiger partial charge is 0.353 e. The van der Waals surface area contributed by atoms with Gasteiger partial charge in [0.15, 0.2) is 0 Å². The maximum Gasteiger partial charge on any atom is 0.224 e. The van der Waals surface area contributed by atoms with Crippen molar-refractivity contribution in [3.8, 4) is 0 Å². The summed E-state index contributed by atoms with van der Waals surface area (Å²) in [5.74, 6) is 0.935. The number of hydrogen-bond acceptors (Lipinski definition) is 6. The number of rotatable bonds is 13. The first-order chi connectivity index (χ1) is 18.2. The predicted octanol–water partition coefficient (Wildman–Crippen LogP) is 5.92. The van der Waals surface area contributed by atoms with E-state index in [1.165, 1.54) is 24.8 Å². The summed E-state index contributed by atoms with van der Waals surface area (Å²) in [6, 6.07) is 6.38. The zero-order chi connectivity index (χ0) is 27.2. The second-order valence-electron chi connectivity index (χ2n) is 11.9. The minimum absolute atomic E-state index is 0.00671. The zero-order valence-corrected chi connectivity index (χ0v) is 24.4. The lowest BCUT2D eigenvalue weighted by molar-refractivity contribution is -0.131. The average molecular weight is 540 g/mol. The molecular weight excluding hydrogens is 494 g/mol. The number of aromatic nitrogens is 1. The molecule has 7 heteroatoms. The fourth-order valence-corrected chi connectivity index (χ4v) is 7.09.